The second kappa shape index (κ2) is 4.59. The molecule has 1 heterocycles. The third-order valence-electron chi connectivity index (χ3n) is 2.20. The molecule has 3 N–H and O–H groups in total. The number of methoxy groups -OCH3 is 1. The molecule has 0 saturated heterocycles. The minimum absolute atomic E-state index is 0.520. The maximum Gasteiger partial charge on any atom is 0.166 e. The number of rotatable bonds is 3. The minimum atomic E-state index is 0.520. The number of para-hydroxylation sites is 1. The van der Waals surface area contributed by atoms with Crippen molar-refractivity contribution in [3.05, 3.63) is 36.7 Å². The predicted octanol–water partition coefficient (Wildman–Crippen LogP) is 1.44. The van der Waals surface area contributed by atoms with Gasteiger partial charge in [0.05, 0.1) is 7.11 Å². The number of nitrogens with one attached hydrogen (secondary N) is 1. The molecule has 2 rings (SSSR count). The quantitative estimate of drug-likeness (QED) is 0.600. The van der Waals surface area contributed by atoms with Crippen LogP contribution in [0.15, 0.2) is 36.7 Å². The third kappa shape index (κ3) is 1.80. The summed E-state index contributed by atoms with van der Waals surface area (Å²) in [5.41, 5.74) is 4.04. The monoisotopic (exact) mass is 216 g/mol. The number of nitrogens with two attached hydrogens (primary N) is 1. The molecule has 16 heavy (non-hydrogen) atoms. The Labute approximate surface area is 93.3 Å². The van der Waals surface area contributed by atoms with Gasteiger partial charge in [-0.1, -0.05) is 12.1 Å². The van der Waals surface area contributed by atoms with Crippen molar-refractivity contribution in [2.45, 2.75) is 0 Å². The zero-order valence-corrected chi connectivity index (χ0v) is 8.84. The summed E-state index contributed by atoms with van der Waals surface area (Å²) < 4.78 is 5.26. The van der Waals surface area contributed by atoms with Crippen LogP contribution in [-0.4, -0.2) is 17.1 Å². The molecule has 1 aromatic heterocycles. The summed E-state index contributed by atoms with van der Waals surface area (Å²) in [6.07, 6.45) is 3.19. The van der Waals surface area contributed by atoms with Crippen LogP contribution in [0.4, 0.5) is 5.82 Å². The molecule has 0 amide bonds. The maximum atomic E-state index is 5.39. The van der Waals surface area contributed by atoms with E-state index in [0.717, 1.165) is 11.3 Å². The summed E-state index contributed by atoms with van der Waals surface area (Å²) in [5, 5.41) is 0. The first-order chi connectivity index (χ1) is 7.86. The molecular formula is C11H12N4O. The zero-order valence-electron chi connectivity index (χ0n) is 8.84. The lowest BCUT2D eigenvalue weighted by Gasteiger charge is -2.10. The molecule has 0 aliphatic heterocycles. The van der Waals surface area contributed by atoms with Crippen LogP contribution < -0.4 is 16.0 Å². The Morgan fingerprint density at radius 1 is 1.19 bits per heavy atom. The number of hydrazine groups is 1. The summed E-state index contributed by atoms with van der Waals surface area (Å²) >= 11 is 0. The van der Waals surface area contributed by atoms with Crippen LogP contribution in [0.2, 0.25) is 0 Å². The average Bonchev–Trinajstić information content (AvgIpc) is 2.38. The van der Waals surface area contributed by atoms with Crippen molar-refractivity contribution in [1.82, 2.24) is 9.97 Å². The van der Waals surface area contributed by atoms with Gasteiger partial charge in [0, 0.05) is 18.0 Å². The fraction of sp³-hybridized carbons (Fsp3) is 0.0909. The summed E-state index contributed by atoms with van der Waals surface area (Å²) in [7, 11) is 1.62. The summed E-state index contributed by atoms with van der Waals surface area (Å²) in [6.45, 7) is 0. The molecule has 5 nitrogen and oxygen atoms in total. The standard InChI is InChI=1S/C11H12N4O/c1-16-9-5-3-2-4-8(9)10-11(15-12)14-7-6-13-10/h2-7H,12H2,1H3,(H,14,15). The van der Waals surface area contributed by atoms with Gasteiger partial charge in [-0.2, -0.15) is 0 Å². The van der Waals surface area contributed by atoms with Gasteiger partial charge in [-0.25, -0.2) is 10.8 Å². The van der Waals surface area contributed by atoms with E-state index in [1.165, 1.54) is 0 Å². The van der Waals surface area contributed by atoms with E-state index in [9.17, 15) is 0 Å². The molecule has 0 unspecified atom stereocenters. The summed E-state index contributed by atoms with van der Waals surface area (Å²) in [6, 6.07) is 7.58. The molecule has 1 aromatic carbocycles. The highest BCUT2D eigenvalue weighted by Gasteiger charge is 2.10. The topological polar surface area (TPSA) is 73.1 Å². The van der Waals surface area contributed by atoms with E-state index in [1.807, 2.05) is 24.3 Å². The zero-order chi connectivity index (χ0) is 11.4. The number of hydrogen-bond acceptors (Lipinski definition) is 5. The molecule has 5 heteroatoms. The van der Waals surface area contributed by atoms with Gasteiger partial charge in [0.25, 0.3) is 0 Å². The first-order valence-corrected chi connectivity index (χ1v) is 4.78. The first kappa shape index (κ1) is 10.4. The Balaban J connectivity index is 2.58. The maximum absolute atomic E-state index is 5.39. The summed E-state index contributed by atoms with van der Waals surface area (Å²) in [5.74, 6) is 6.64. The third-order valence-corrected chi connectivity index (χ3v) is 2.20. The van der Waals surface area contributed by atoms with Crippen LogP contribution in [0.25, 0.3) is 11.3 Å². The average molecular weight is 216 g/mol. The highest BCUT2D eigenvalue weighted by Crippen LogP contribution is 2.31. The first-order valence-electron chi connectivity index (χ1n) is 4.78. The fourth-order valence-electron chi connectivity index (χ4n) is 1.48. The van der Waals surface area contributed by atoms with Crippen LogP contribution in [0.5, 0.6) is 5.75 Å². The summed E-state index contributed by atoms with van der Waals surface area (Å²) in [4.78, 5) is 8.34. The van der Waals surface area contributed by atoms with Crippen molar-refractivity contribution >= 4 is 5.82 Å². The van der Waals surface area contributed by atoms with Crippen molar-refractivity contribution < 1.29 is 4.74 Å². The second-order valence-corrected chi connectivity index (χ2v) is 3.10. The number of benzene rings is 1. The Morgan fingerprint density at radius 3 is 2.69 bits per heavy atom. The lowest BCUT2D eigenvalue weighted by Crippen LogP contribution is -2.10. The van der Waals surface area contributed by atoms with Gasteiger partial charge in [-0.05, 0) is 12.1 Å². The highest BCUT2D eigenvalue weighted by atomic mass is 16.5. The van der Waals surface area contributed by atoms with Gasteiger partial charge in [-0.3, -0.25) is 4.98 Å². The number of anilines is 1. The normalized spacial score (nSPS) is 9.88. The van der Waals surface area contributed by atoms with Crippen LogP contribution in [0.3, 0.4) is 0 Å². The van der Waals surface area contributed by atoms with Gasteiger partial charge in [0.2, 0.25) is 0 Å². The van der Waals surface area contributed by atoms with Crippen molar-refractivity contribution in [2.24, 2.45) is 5.84 Å². The van der Waals surface area contributed by atoms with E-state index in [-0.39, 0.29) is 0 Å². The van der Waals surface area contributed by atoms with Gasteiger partial charge >= 0.3 is 0 Å². The number of nitrogen functional groups attached to an aromatic ring is 1. The van der Waals surface area contributed by atoms with Crippen molar-refractivity contribution in [3.8, 4) is 17.0 Å². The van der Waals surface area contributed by atoms with Crippen LogP contribution >= 0.6 is 0 Å². The van der Waals surface area contributed by atoms with Crippen molar-refractivity contribution in [2.75, 3.05) is 12.5 Å². The SMILES string of the molecule is COc1ccccc1-c1nccnc1NN. The Hall–Kier alpha value is -2.14. The molecule has 0 atom stereocenters. The smallest absolute Gasteiger partial charge is 0.166 e. The van der Waals surface area contributed by atoms with Crippen molar-refractivity contribution in [3.63, 3.8) is 0 Å². The van der Waals surface area contributed by atoms with E-state index < -0.39 is 0 Å². The predicted molar refractivity (Wildman–Crippen MR) is 61.8 cm³/mol. The number of hydrogen-bond donors (Lipinski definition) is 2. The minimum Gasteiger partial charge on any atom is -0.496 e. The Morgan fingerprint density at radius 2 is 1.94 bits per heavy atom. The van der Waals surface area contributed by atoms with Crippen LogP contribution in [-0.2, 0) is 0 Å². The van der Waals surface area contributed by atoms with E-state index >= 15 is 0 Å². The molecule has 82 valence electrons. The molecule has 0 fully saturated rings. The number of ether oxygens (including phenoxy) is 1. The molecule has 0 saturated carbocycles. The highest BCUT2D eigenvalue weighted by molar-refractivity contribution is 5.75. The van der Waals surface area contributed by atoms with Crippen molar-refractivity contribution in [1.29, 1.82) is 0 Å². The molecule has 0 aliphatic rings. The molecule has 0 spiro atoms. The lowest BCUT2D eigenvalue weighted by molar-refractivity contribution is 0.416. The Bertz CT molecular complexity index is 441. The largest absolute Gasteiger partial charge is 0.496 e. The van der Waals surface area contributed by atoms with Gasteiger partial charge in [0.1, 0.15) is 11.4 Å². The van der Waals surface area contributed by atoms with Gasteiger partial charge < -0.3 is 10.2 Å². The molecule has 0 radical (unpaired) electrons. The number of nitrogens with zero attached hydrogens (tertiary/aromatic N) is 2. The fourth-order valence-corrected chi connectivity index (χ4v) is 1.48. The van der Waals surface area contributed by atoms with E-state index in [4.69, 9.17) is 10.6 Å². The lowest BCUT2D eigenvalue weighted by atomic mass is 10.1. The van der Waals surface area contributed by atoms with E-state index in [2.05, 4.69) is 15.4 Å². The molecular weight excluding hydrogens is 204 g/mol. The van der Waals surface area contributed by atoms with Gasteiger partial charge in [-0.15, -0.1) is 0 Å². The van der Waals surface area contributed by atoms with E-state index in [1.54, 1.807) is 19.5 Å². The van der Waals surface area contributed by atoms with Crippen LogP contribution in [0.1, 0.15) is 0 Å². The molecule has 0 aliphatic carbocycles. The van der Waals surface area contributed by atoms with Gasteiger partial charge in [0.15, 0.2) is 5.82 Å². The Kier molecular flexibility index (Phi) is 2.98. The molecule has 2 aromatic rings. The molecule has 0 bridgehead atoms. The van der Waals surface area contributed by atoms with Crippen LogP contribution in [0, 0.1) is 0 Å². The van der Waals surface area contributed by atoms with E-state index in [0.29, 0.717) is 11.5 Å². The number of aromatic nitrogens is 2. The second-order valence-electron chi connectivity index (χ2n) is 3.10.